The van der Waals surface area contributed by atoms with Gasteiger partial charge >= 0.3 is 0 Å². The summed E-state index contributed by atoms with van der Waals surface area (Å²) in [5.41, 5.74) is 2.39. The molecule has 0 N–H and O–H groups in total. The Labute approximate surface area is 115 Å². The number of hydrogen-bond donors (Lipinski definition) is 0. The highest BCUT2D eigenvalue weighted by atomic mass is 15.1. The van der Waals surface area contributed by atoms with Crippen LogP contribution in [-0.4, -0.2) is 21.0 Å². The zero-order valence-corrected chi connectivity index (χ0v) is 11.5. The minimum Gasteiger partial charge on any atom is -0.374 e. The highest BCUT2D eigenvalue weighted by Gasteiger charge is 2.01. The van der Waals surface area contributed by atoms with Crippen LogP contribution in [0.3, 0.4) is 0 Å². The summed E-state index contributed by atoms with van der Waals surface area (Å²) >= 11 is 0. The molecule has 0 aliphatic carbocycles. The summed E-state index contributed by atoms with van der Waals surface area (Å²) in [5.74, 6) is 0. The molecule has 0 saturated heterocycles. The van der Waals surface area contributed by atoms with Crippen molar-refractivity contribution in [3.05, 3.63) is 66.9 Å². The predicted octanol–water partition coefficient (Wildman–Crippen LogP) is 3.23. The Kier molecular flexibility index (Phi) is 4.78. The summed E-state index contributed by atoms with van der Waals surface area (Å²) in [7, 11) is 0. The van der Waals surface area contributed by atoms with Gasteiger partial charge in [0.15, 0.2) is 0 Å². The topological polar surface area (TPSA) is 21.1 Å². The Morgan fingerprint density at radius 3 is 2.74 bits per heavy atom. The maximum Gasteiger partial charge on any atom is 0.0949 e. The third-order valence-electron chi connectivity index (χ3n) is 3.11. The van der Waals surface area contributed by atoms with Crippen molar-refractivity contribution < 1.29 is 0 Å². The standard InChI is InChI=1S/C16H21N3/c1-3-18(13-16-8-5-4-6-9-16)10-7-11-19-12-15(2)17-14-19/h3-6,8-9,12,14H,1,7,10-11,13H2,2H3. The molecule has 1 heterocycles. The van der Waals surface area contributed by atoms with Crippen LogP contribution in [0.1, 0.15) is 17.7 Å². The van der Waals surface area contributed by atoms with E-state index in [0.29, 0.717) is 0 Å². The van der Waals surface area contributed by atoms with Crippen LogP contribution in [0.4, 0.5) is 0 Å². The van der Waals surface area contributed by atoms with E-state index < -0.39 is 0 Å². The van der Waals surface area contributed by atoms with Gasteiger partial charge in [-0.25, -0.2) is 4.98 Å². The fourth-order valence-corrected chi connectivity index (χ4v) is 2.10. The van der Waals surface area contributed by atoms with E-state index in [2.05, 4.69) is 51.5 Å². The van der Waals surface area contributed by atoms with Crippen molar-refractivity contribution in [1.82, 2.24) is 14.5 Å². The van der Waals surface area contributed by atoms with Gasteiger partial charge in [-0.05, 0) is 25.1 Å². The first-order valence-electron chi connectivity index (χ1n) is 6.67. The summed E-state index contributed by atoms with van der Waals surface area (Å²) in [4.78, 5) is 6.48. The van der Waals surface area contributed by atoms with Crippen LogP contribution in [0.25, 0.3) is 0 Å². The van der Waals surface area contributed by atoms with E-state index in [1.807, 2.05) is 25.5 Å². The predicted molar refractivity (Wildman–Crippen MR) is 78.6 cm³/mol. The average molecular weight is 255 g/mol. The number of benzene rings is 1. The van der Waals surface area contributed by atoms with E-state index in [9.17, 15) is 0 Å². The van der Waals surface area contributed by atoms with Crippen LogP contribution in [0.15, 0.2) is 55.6 Å². The van der Waals surface area contributed by atoms with E-state index in [1.54, 1.807) is 0 Å². The summed E-state index contributed by atoms with van der Waals surface area (Å²) in [6, 6.07) is 10.5. The summed E-state index contributed by atoms with van der Waals surface area (Å²) in [6.45, 7) is 8.84. The summed E-state index contributed by atoms with van der Waals surface area (Å²) in [5, 5.41) is 0. The molecule has 0 fully saturated rings. The molecule has 1 aromatic carbocycles. The van der Waals surface area contributed by atoms with Crippen molar-refractivity contribution in [2.45, 2.75) is 26.4 Å². The minimum absolute atomic E-state index is 0.924. The molecule has 0 bridgehead atoms. The number of aromatic nitrogens is 2. The second-order valence-electron chi connectivity index (χ2n) is 4.75. The average Bonchev–Trinajstić information content (AvgIpc) is 2.84. The Balaban J connectivity index is 1.78. The lowest BCUT2D eigenvalue weighted by Crippen LogP contribution is -2.19. The van der Waals surface area contributed by atoms with Gasteiger partial charge in [-0.2, -0.15) is 0 Å². The minimum atomic E-state index is 0.924. The molecule has 0 spiro atoms. The van der Waals surface area contributed by atoms with Crippen LogP contribution in [-0.2, 0) is 13.1 Å². The molecule has 0 unspecified atom stereocenters. The molecular weight excluding hydrogens is 234 g/mol. The van der Waals surface area contributed by atoms with E-state index >= 15 is 0 Å². The molecule has 3 heteroatoms. The Bertz CT molecular complexity index is 502. The first-order valence-corrected chi connectivity index (χ1v) is 6.67. The van der Waals surface area contributed by atoms with Gasteiger partial charge in [-0.15, -0.1) is 0 Å². The molecule has 2 rings (SSSR count). The van der Waals surface area contributed by atoms with Gasteiger partial charge in [-0.3, -0.25) is 0 Å². The molecule has 1 aromatic heterocycles. The lowest BCUT2D eigenvalue weighted by Gasteiger charge is -2.20. The Hall–Kier alpha value is -2.03. The molecule has 100 valence electrons. The van der Waals surface area contributed by atoms with Crippen LogP contribution < -0.4 is 0 Å². The second kappa shape index (κ2) is 6.78. The molecule has 0 aliphatic heterocycles. The number of imidazole rings is 1. The Morgan fingerprint density at radius 2 is 2.11 bits per heavy atom. The van der Waals surface area contributed by atoms with E-state index in [4.69, 9.17) is 0 Å². The number of nitrogens with zero attached hydrogens (tertiary/aromatic N) is 3. The fraction of sp³-hybridized carbons (Fsp3) is 0.312. The highest BCUT2D eigenvalue weighted by molar-refractivity contribution is 5.14. The maximum absolute atomic E-state index is 4.23. The lowest BCUT2D eigenvalue weighted by atomic mass is 10.2. The molecule has 3 nitrogen and oxygen atoms in total. The number of rotatable bonds is 7. The maximum atomic E-state index is 4.23. The van der Waals surface area contributed by atoms with Crippen LogP contribution in [0.2, 0.25) is 0 Å². The van der Waals surface area contributed by atoms with Crippen LogP contribution in [0, 0.1) is 6.92 Å². The van der Waals surface area contributed by atoms with Crippen molar-refractivity contribution in [2.75, 3.05) is 6.54 Å². The normalized spacial score (nSPS) is 10.4. The van der Waals surface area contributed by atoms with E-state index in [1.165, 1.54) is 5.56 Å². The van der Waals surface area contributed by atoms with Crippen molar-refractivity contribution in [3.63, 3.8) is 0 Å². The van der Waals surface area contributed by atoms with Gasteiger partial charge in [0.2, 0.25) is 0 Å². The van der Waals surface area contributed by atoms with Gasteiger partial charge < -0.3 is 9.47 Å². The van der Waals surface area contributed by atoms with Crippen molar-refractivity contribution in [2.24, 2.45) is 0 Å². The van der Waals surface area contributed by atoms with Crippen molar-refractivity contribution in [1.29, 1.82) is 0 Å². The first kappa shape index (κ1) is 13.4. The highest BCUT2D eigenvalue weighted by Crippen LogP contribution is 2.06. The smallest absolute Gasteiger partial charge is 0.0949 e. The summed E-state index contributed by atoms with van der Waals surface area (Å²) in [6.07, 6.45) is 6.99. The Morgan fingerprint density at radius 1 is 1.32 bits per heavy atom. The molecule has 2 aromatic rings. The monoisotopic (exact) mass is 255 g/mol. The summed E-state index contributed by atoms with van der Waals surface area (Å²) < 4.78 is 2.14. The quantitative estimate of drug-likeness (QED) is 0.757. The third kappa shape index (κ3) is 4.28. The lowest BCUT2D eigenvalue weighted by molar-refractivity contribution is 0.353. The van der Waals surface area contributed by atoms with Crippen LogP contribution >= 0.6 is 0 Å². The number of hydrogen-bond acceptors (Lipinski definition) is 2. The van der Waals surface area contributed by atoms with Crippen molar-refractivity contribution in [3.8, 4) is 0 Å². The zero-order chi connectivity index (χ0) is 13.5. The third-order valence-corrected chi connectivity index (χ3v) is 3.11. The second-order valence-corrected chi connectivity index (χ2v) is 4.75. The van der Waals surface area contributed by atoms with Crippen LogP contribution in [0.5, 0.6) is 0 Å². The molecule has 0 atom stereocenters. The molecule has 19 heavy (non-hydrogen) atoms. The molecule has 0 amide bonds. The van der Waals surface area contributed by atoms with Gasteiger partial charge in [0.25, 0.3) is 0 Å². The van der Waals surface area contributed by atoms with Gasteiger partial charge in [0.05, 0.1) is 12.0 Å². The largest absolute Gasteiger partial charge is 0.374 e. The number of aryl methyl sites for hydroxylation is 2. The van der Waals surface area contributed by atoms with Gasteiger partial charge in [-0.1, -0.05) is 36.9 Å². The molecule has 0 aliphatic rings. The van der Waals surface area contributed by atoms with E-state index in [-0.39, 0.29) is 0 Å². The fourth-order valence-electron chi connectivity index (χ4n) is 2.10. The van der Waals surface area contributed by atoms with Gasteiger partial charge in [0, 0.05) is 25.8 Å². The first-order chi connectivity index (χ1) is 9.28. The molecule has 0 radical (unpaired) electrons. The van der Waals surface area contributed by atoms with Gasteiger partial charge in [0.1, 0.15) is 0 Å². The zero-order valence-electron chi connectivity index (χ0n) is 11.5. The van der Waals surface area contributed by atoms with Crippen molar-refractivity contribution >= 4 is 0 Å². The molecule has 0 saturated carbocycles. The SMILES string of the molecule is C=CN(CCCn1cnc(C)c1)Cc1ccccc1. The molecular formula is C16H21N3. The van der Waals surface area contributed by atoms with E-state index in [0.717, 1.165) is 31.7 Å².